The predicted molar refractivity (Wildman–Crippen MR) is 199 cm³/mol. The van der Waals surface area contributed by atoms with Crippen molar-refractivity contribution in [3.05, 3.63) is 80.2 Å². The van der Waals surface area contributed by atoms with E-state index in [9.17, 15) is 15.0 Å². The lowest BCUT2D eigenvalue weighted by Crippen LogP contribution is -2.50. The van der Waals surface area contributed by atoms with Crippen molar-refractivity contribution in [3.8, 4) is 11.8 Å². The van der Waals surface area contributed by atoms with Gasteiger partial charge in [0.25, 0.3) is 0 Å². The maximum atomic E-state index is 13.8. The van der Waals surface area contributed by atoms with Gasteiger partial charge in [-0.3, -0.25) is 25.5 Å². The Balaban J connectivity index is 1.35. The molecule has 3 heterocycles. The fourth-order valence-corrected chi connectivity index (χ4v) is 7.38. The zero-order chi connectivity index (χ0) is 35.2. The van der Waals surface area contributed by atoms with E-state index >= 15 is 0 Å². The molecule has 2 aliphatic heterocycles. The van der Waals surface area contributed by atoms with Gasteiger partial charge in [-0.15, -0.1) is 11.3 Å². The fourth-order valence-electron chi connectivity index (χ4n) is 6.03. The quantitative estimate of drug-likeness (QED) is 0.0864. The molecule has 4 N–H and O–H groups in total. The van der Waals surface area contributed by atoms with Crippen molar-refractivity contribution in [2.24, 2.45) is 10.7 Å². The van der Waals surface area contributed by atoms with Crippen LogP contribution in [0.1, 0.15) is 70.1 Å². The van der Waals surface area contributed by atoms with Gasteiger partial charge in [-0.25, -0.2) is 4.79 Å². The number of nitrogens with zero attached hydrogens (tertiary/aromatic N) is 4. The number of benzene rings is 2. The van der Waals surface area contributed by atoms with E-state index in [0.717, 1.165) is 45.1 Å². The first-order valence-electron chi connectivity index (χ1n) is 16.4. The molecular formula is C37H42ClN7O3S. The summed E-state index contributed by atoms with van der Waals surface area (Å²) in [6.45, 7) is 8.43. The first kappa shape index (κ1) is 35.8. The van der Waals surface area contributed by atoms with E-state index in [1.54, 1.807) is 16.7 Å². The highest BCUT2D eigenvalue weighted by atomic mass is 35.5. The molecule has 1 amide bonds. The number of nitrogens with one attached hydrogen (secondary N) is 2. The number of anilines is 2. The molecule has 0 unspecified atom stereocenters. The molecule has 5 rings (SSSR count). The lowest BCUT2D eigenvalue weighted by atomic mass is 9.99. The van der Waals surface area contributed by atoms with Crippen LogP contribution in [0, 0.1) is 36.5 Å². The first-order chi connectivity index (χ1) is 23.5. The van der Waals surface area contributed by atoms with Crippen molar-refractivity contribution in [2.75, 3.05) is 49.6 Å². The number of hydrogen-bond acceptors (Lipinski definition) is 9. The van der Waals surface area contributed by atoms with Gasteiger partial charge < -0.3 is 20.3 Å². The minimum atomic E-state index is -0.789. The molecule has 0 radical (unpaired) electrons. The van der Waals surface area contributed by atoms with Crippen LogP contribution in [0.3, 0.4) is 0 Å². The molecule has 1 saturated heterocycles. The molecular weight excluding hydrogens is 658 g/mol. The topological polar surface area (TPSA) is 139 Å². The van der Waals surface area contributed by atoms with Crippen LogP contribution < -0.4 is 15.5 Å². The highest BCUT2D eigenvalue weighted by Gasteiger charge is 2.36. The van der Waals surface area contributed by atoms with E-state index in [-0.39, 0.29) is 24.0 Å². The smallest absolute Gasteiger partial charge is 0.339 e. The Morgan fingerprint density at radius 3 is 2.47 bits per heavy atom. The summed E-state index contributed by atoms with van der Waals surface area (Å²) in [6, 6.07) is 12.2. The number of rotatable bonds is 8. The van der Waals surface area contributed by atoms with E-state index in [0.29, 0.717) is 61.0 Å². The fraction of sp³-hybridized carbons (Fsp3) is 0.378. The molecule has 0 bridgehead atoms. The van der Waals surface area contributed by atoms with E-state index in [1.807, 2.05) is 56.3 Å². The van der Waals surface area contributed by atoms with E-state index < -0.39 is 12.0 Å². The Labute approximate surface area is 296 Å². The van der Waals surface area contributed by atoms with Crippen molar-refractivity contribution in [3.63, 3.8) is 0 Å². The summed E-state index contributed by atoms with van der Waals surface area (Å²) in [5, 5.41) is 19.2. The van der Waals surface area contributed by atoms with Crippen molar-refractivity contribution in [1.29, 1.82) is 10.8 Å². The normalized spacial score (nSPS) is 16.0. The molecule has 49 heavy (non-hydrogen) atoms. The number of carbonyl (C=O) groups is 2. The zero-order valence-electron chi connectivity index (χ0n) is 28.4. The molecule has 256 valence electrons. The van der Waals surface area contributed by atoms with Gasteiger partial charge in [0.2, 0.25) is 5.91 Å². The van der Waals surface area contributed by atoms with Crippen LogP contribution in [0.4, 0.5) is 10.7 Å². The molecule has 2 aromatic carbocycles. The number of amides is 1. The van der Waals surface area contributed by atoms with Gasteiger partial charge in [0.15, 0.2) is 0 Å². The number of carbonyl (C=O) groups excluding carboxylic acids is 2. The monoisotopic (exact) mass is 699 g/mol. The van der Waals surface area contributed by atoms with Crippen LogP contribution in [-0.2, 0) is 9.53 Å². The summed E-state index contributed by atoms with van der Waals surface area (Å²) >= 11 is 7.74. The first-order valence-corrected chi connectivity index (χ1v) is 17.5. The highest BCUT2D eigenvalue weighted by Crippen LogP contribution is 2.40. The molecule has 1 atom stereocenters. The van der Waals surface area contributed by atoms with Crippen molar-refractivity contribution in [2.45, 2.75) is 52.5 Å². The number of halogens is 1. The van der Waals surface area contributed by atoms with Crippen LogP contribution in [0.2, 0.25) is 5.02 Å². The number of thiophene rings is 1. The number of aryl methyl sites for hydroxylation is 1. The molecule has 1 fully saturated rings. The Morgan fingerprint density at radius 1 is 1.10 bits per heavy atom. The van der Waals surface area contributed by atoms with Gasteiger partial charge in [-0.05, 0) is 76.1 Å². The van der Waals surface area contributed by atoms with Crippen LogP contribution >= 0.6 is 22.9 Å². The van der Waals surface area contributed by atoms with E-state index in [4.69, 9.17) is 32.5 Å². The lowest BCUT2D eigenvalue weighted by Gasteiger charge is -2.37. The van der Waals surface area contributed by atoms with Crippen LogP contribution in [0.25, 0.3) is 0 Å². The highest BCUT2D eigenvalue weighted by molar-refractivity contribution is 7.17. The van der Waals surface area contributed by atoms with Crippen molar-refractivity contribution < 1.29 is 14.3 Å². The van der Waals surface area contributed by atoms with Gasteiger partial charge in [0, 0.05) is 64.9 Å². The van der Waals surface area contributed by atoms with Crippen LogP contribution in [0.5, 0.6) is 0 Å². The minimum absolute atomic E-state index is 0.00217. The van der Waals surface area contributed by atoms with Crippen LogP contribution in [-0.4, -0.2) is 80.0 Å². The second-order valence-electron chi connectivity index (χ2n) is 12.1. The average molecular weight is 700 g/mol. The largest absolute Gasteiger partial charge is 0.465 e. The van der Waals surface area contributed by atoms with E-state index in [1.165, 1.54) is 18.4 Å². The summed E-state index contributed by atoms with van der Waals surface area (Å²) in [7, 11) is 1.36. The minimum Gasteiger partial charge on any atom is -0.465 e. The number of unbranched alkanes of at least 4 members (excludes halogenated alkanes) is 2. The Hall–Kier alpha value is -4.50. The van der Waals surface area contributed by atoms with Crippen molar-refractivity contribution in [1.82, 2.24) is 4.90 Å². The van der Waals surface area contributed by atoms with Gasteiger partial charge in [-0.1, -0.05) is 35.6 Å². The van der Waals surface area contributed by atoms with Crippen LogP contribution in [0.15, 0.2) is 47.5 Å². The second kappa shape index (κ2) is 15.8. The molecule has 0 spiro atoms. The number of piperazine rings is 1. The molecule has 10 nitrogen and oxygen atoms in total. The Bertz CT molecular complexity index is 1850. The lowest BCUT2D eigenvalue weighted by molar-refractivity contribution is -0.131. The molecule has 0 saturated carbocycles. The summed E-state index contributed by atoms with van der Waals surface area (Å²) in [5.74, 6) is 5.99. The Morgan fingerprint density at radius 2 is 1.82 bits per heavy atom. The standard InChI is InChI=1S/C37H42ClN7O3S/c1-23-24(2)49-36-33(23)34(27-10-13-28(38)14-11-27)42-31(35(41)45(36)25(3)40)22-32(46)44-19-17-43(18-20-44)29-15-12-26(9-7-5-6-8-16-39)30(21-29)37(47)48-4/h10-15,21,31,40-41H,5-6,8,16-20,22,39H2,1-4H3/t31-/m0/s1. The van der Waals surface area contributed by atoms with Gasteiger partial charge in [0.1, 0.15) is 22.7 Å². The molecule has 2 aliphatic rings. The summed E-state index contributed by atoms with van der Waals surface area (Å²) in [6.07, 6.45) is 2.52. The summed E-state index contributed by atoms with van der Waals surface area (Å²) in [5.41, 5.74) is 10.9. The number of ether oxygens (including phenoxy) is 1. The molecule has 3 aromatic rings. The number of fused-ring (bicyclic) bond motifs is 1. The molecule has 12 heteroatoms. The zero-order valence-corrected chi connectivity index (χ0v) is 29.9. The average Bonchev–Trinajstić information content (AvgIpc) is 3.31. The SMILES string of the molecule is COC(=O)c1cc(N2CCN(C(=O)C[C@@H]3N=C(c4ccc(Cl)cc4)c4c(sc(C)c4C)N(C(C)=N)C3=N)CC2)ccc1C#CCCCCN. The summed E-state index contributed by atoms with van der Waals surface area (Å²) in [4.78, 5) is 38.2. The maximum Gasteiger partial charge on any atom is 0.339 e. The van der Waals surface area contributed by atoms with E-state index in [2.05, 4.69) is 16.7 Å². The van der Waals surface area contributed by atoms with Gasteiger partial charge in [0.05, 0.1) is 24.8 Å². The molecule has 0 aliphatic carbocycles. The number of esters is 1. The third-order valence-electron chi connectivity index (χ3n) is 8.85. The predicted octanol–water partition coefficient (Wildman–Crippen LogP) is 6.02. The third-order valence-corrected chi connectivity index (χ3v) is 10.3. The summed E-state index contributed by atoms with van der Waals surface area (Å²) < 4.78 is 5.05. The van der Waals surface area contributed by atoms with Crippen molar-refractivity contribution >= 4 is 62.9 Å². The number of amidine groups is 2. The number of methoxy groups -OCH3 is 1. The number of aliphatic imine (C=N–C) groups is 1. The number of hydrogen-bond donors (Lipinski definition) is 3. The second-order valence-corrected chi connectivity index (χ2v) is 13.8. The van der Waals surface area contributed by atoms with Gasteiger partial charge >= 0.3 is 5.97 Å². The molecule has 1 aromatic heterocycles. The van der Waals surface area contributed by atoms with Gasteiger partial charge in [-0.2, -0.15) is 0 Å². The maximum absolute atomic E-state index is 13.8. The number of nitrogens with two attached hydrogens (primary N) is 1. The third kappa shape index (κ3) is 7.88. The Kier molecular flexibility index (Phi) is 11.5.